The highest BCUT2D eigenvalue weighted by Gasteiger charge is 2.54. The molecule has 13 nitrogen and oxygen atoms in total. The van der Waals surface area contributed by atoms with Gasteiger partial charge in [-0.25, -0.2) is 9.48 Å². The second-order valence-corrected chi connectivity index (χ2v) is 10.1. The van der Waals surface area contributed by atoms with E-state index in [0.717, 1.165) is 0 Å². The van der Waals surface area contributed by atoms with Gasteiger partial charge in [0.2, 0.25) is 5.16 Å². The van der Waals surface area contributed by atoms with Gasteiger partial charge in [-0.15, -0.1) is 16.9 Å². The highest BCUT2D eigenvalue weighted by molar-refractivity contribution is 8.01. The summed E-state index contributed by atoms with van der Waals surface area (Å²) in [5.74, 6) is -2.12. The number of rotatable bonds is 10. The van der Waals surface area contributed by atoms with E-state index in [1.165, 1.54) is 57.4 Å². The average Bonchev–Trinajstić information content (AvgIpc) is 3.29. The van der Waals surface area contributed by atoms with Gasteiger partial charge in [0, 0.05) is 24.1 Å². The Morgan fingerprint density at radius 3 is 2.89 bits per heavy atom. The maximum Gasteiger partial charge on any atom is 0.352 e. The van der Waals surface area contributed by atoms with Crippen LogP contribution in [-0.2, 0) is 26.3 Å². The molecule has 0 radical (unpaired) electrons. The second kappa shape index (κ2) is 11.2. The van der Waals surface area contributed by atoms with Crippen molar-refractivity contribution in [2.45, 2.75) is 16.6 Å². The number of nitrogens with one attached hydrogen (secondary N) is 1. The standard InChI is InChI=1S/C21H20ClN7O6S2/c1-3-6-35-25-14(10-4-5-13(30)12(22)7-10)17(31)23-15-18(32)29-16(20(33)34)11(8-36-19(15)29)9-37-21-24-26-27-28(21)2/h3-5,7,15,19,30H,1,6,8-9H2,2H3,(H,23,31)(H,33,34)/t15?,19-/m0/s1. The number of carbonyl (C=O) groups excluding carboxylic acids is 2. The first-order valence-corrected chi connectivity index (χ1v) is 13.0. The Hall–Kier alpha value is -3.56. The van der Waals surface area contributed by atoms with Crippen LogP contribution in [0.3, 0.4) is 0 Å². The number of aromatic nitrogens is 4. The van der Waals surface area contributed by atoms with Gasteiger partial charge in [-0.2, -0.15) is 0 Å². The van der Waals surface area contributed by atoms with Crippen molar-refractivity contribution in [3.05, 3.63) is 52.7 Å². The summed E-state index contributed by atoms with van der Waals surface area (Å²) >= 11 is 8.56. The number of phenols is 1. The molecule has 2 aliphatic rings. The van der Waals surface area contributed by atoms with Crippen molar-refractivity contribution in [1.29, 1.82) is 0 Å². The van der Waals surface area contributed by atoms with Gasteiger partial charge in [0.25, 0.3) is 11.8 Å². The van der Waals surface area contributed by atoms with Crippen LogP contribution in [0.1, 0.15) is 5.56 Å². The van der Waals surface area contributed by atoms with Crippen LogP contribution in [0.2, 0.25) is 5.02 Å². The first-order chi connectivity index (χ1) is 17.7. The molecule has 0 aliphatic carbocycles. The number of aromatic hydroxyl groups is 1. The zero-order valence-corrected chi connectivity index (χ0v) is 21.6. The lowest BCUT2D eigenvalue weighted by atomic mass is 10.0. The maximum absolute atomic E-state index is 13.1. The normalized spacial score (nSPS) is 19.2. The van der Waals surface area contributed by atoms with E-state index in [1.807, 2.05) is 0 Å². The number of phenolic OH excluding ortho intramolecular Hbond substituents is 1. The van der Waals surface area contributed by atoms with Gasteiger partial charge >= 0.3 is 5.97 Å². The first kappa shape index (κ1) is 26.5. The van der Waals surface area contributed by atoms with Gasteiger partial charge in [0.05, 0.1) is 5.02 Å². The van der Waals surface area contributed by atoms with Crippen LogP contribution in [0.5, 0.6) is 5.75 Å². The lowest BCUT2D eigenvalue weighted by molar-refractivity contribution is -0.150. The van der Waals surface area contributed by atoms with E-state index >= 15 is 0 Å². The van der Waals surface area contributed by atoms with Gasteiger partial charge < -0.3 is 20.4 Å². The SMILES string of the molecule is C=CCON=C(C(=O)NC1C(=O)N2C(C(=O)O)=C(CSc3nnnn3C)CS[C@@H]12)c1ccc(O)c(Cl)c1. The Morgan fingerprint density at radius 1 is 1.46 bits per heavy atom. The molecule has 2 amide bonds. The number of carbonyl (C=O) groups is 3. The number of oxime groups is 1. The van der Waals surface area contributed by atoms with E-state index in [0.29, 0.717) is 16.5 Å². The fraction of sp³-hybridized carbons (Fsp3) is 0.286. The van der Waals surface area contributed by atoms with Crippen molar-refractivity contribution >= 4 is 58.6 Å². The van der Waals surface area contributed by atoms with Crippen LogP contribution in [0.15, 0.2) is 52.4 Å². The maximum atomic E-state index is 13.1. The minimum atomic E-state index is -1.24. The molecule has 1 unspecified atom stereocenters. The number of amides is 2. The second-order valence-electron chi connectivity index (χ2n) is 7.68. The molecule has 0 spiro atoms. The zero-order chi connectivity index (χ0) is 26.7. The minimum absolute atomic E-state index is 0.00538. The van der Waals surface area contributed by atoms with Crippen molar-refractivity contribution in [2.75, 3.05) is 18.1 Å². The van der Waals surface area contributed by atoms with Crippen molar-refractivity contribution in [2.24, 2.45) is 12.2 Å². The number of halogens is 1. The van der Waals surface area contributed by atoms with E-state index in [2.05, 4.69) is 32.6 Å². The number of thioether (sulfide) groups is 2. The molecule has 37 heavy (non-hydrogen) atoms. The quantitative estimate of drug-likeness (QED) is 0.0936. The third-order valence-corrected chi connectivity index (χ3v) is 8.02. The third kappa shape index (κ3) is 5.42. The van der Waals surface area contributed by atoms with Gasteiger partial charge in [-0.1, -0.05) is 41.2 Å². The van der Waals surface area contributed by atoms with E-state index in [-0.39, 0.29) is 40.1 Å². The monoisotopic (exact) mass is 565 g/mol. The number of aryl methyl sites for hydroxylation is 1. The number of carboxylic acid groups (broad SMARTS) is 1. The van der Waals surface area contributed by atoms with Gasteiger partial charge in [-0.05, 0) is 34.2 Å². The molecule has 0 saturated carbocycles. The summed E-state index contributed by atoms with van der Waals surface area (Å²) in [5.41, 5.74) is 0.487. The minimum Gasteiger partial charge on any atom is -0.506 e. The highest BCUT2D eigenvalue weighted by atomic mass is 35.5. The van der Waals surface area contributed by atoms with Crippen molar-refractivity contribution in [3.63, 3.8) is 0 Å². The summed E-state index contributed by atoms with van der Waals surface area (Å²) in [6.07, 6.45) is 1.44. The number of carboxylic acids is 1. The molecule has 2 atom stereocenters. The number of benzene rings is 1. The predicted octanol–water partition coefficient (Wildman–Crippen LogP) is 1.01. The van der Waals surface area contributed by atoms with Crippen LogP contribution in [0.25, 0.3) is 0 Å². The lowest BCUT2D eigenvalue weighted by Gasteiger charge is -2.49. The molecule has 3 N–H and O–H groups in total. The fourth-order valence-electron chi connectivity index (χ4n) is 3.53. The molecule has 2 aromatic rings. The average molecular weight is 566 g/mol. The fourth-order valence-corrected chi connectivity index (χ4v) is 6.05. The molecule has 4 rings (SSSR count). The summed E-state index contributed by atoms with van der Waals surface area (Å²) in [6, 6.07) is 3.06. The Labute approximate surface area is 223 Å². The molecule has 194 valence electrons. The number of fused-ring (bicyclic) bond motifs is 1. The van der Waals surface area contributed by atoms with Gasteiger partial charge in [-0.3, -0.25) is 14.5 Å². The zero-order valence-electron chi connectivity index (χ0n) is 19.2. The van der Waals surface area contributed by atoms with Crippen molar-refractivity contribution < 1.29 is 29.4 Å². The molecule has 1 saturated heterocycles. The third-order valence-electron chi connectivity index (χ3n) is 5.28. The van der Waals surface area contributed by atoms with Gasteiger partial charge in [0.1, 0.15) is 29.5 Å². The summed E-state index contributed by atoms with van der Waals surface area (Å²) in [4.78, 5) is 44.5. The molecule has 2 aliphatic heterocycles. The van der Waals surface area contributed by atoms with Crippen LogP contribution in [0, 0.1) is 0 Å². The Bertz CT molecular complexity index is 1330. The predicted molar refractivity (Wildman–Crippen MR) is 135 cm³/mol. The van der Waals surface area contributed by atoms with Crippen LogP contribution in [0.4, 0.5) is 0 Å². The molecular weight excluding hydrogens is 546 g/mol. The number of aliphatic carboxylic acids is 1. The Balaban J connectivity index is 1.52. The van der Waals surface area contributed by atoms with Crippen LogP contribution in [-0.4, -0.2) is 88.3 Å². The molecule has 1 fully saturated rings. The van der Waals surface area contributed by atoms with E-state index in [1.54, 1.807) is 7.05 Å². The summed E-state index contributed by atoms with van der Waals surface area (Å²) in [7, 11) is 1.67. The van der Waals surface area contributed by atoms with E-state index < -0.39 is 29.2 Å². The summed E-state index contributed by atoms with van der Waals surface area (Å²) < 4.78 is 1.46. The topological polar surface area (TPSA) is 172 Å². The number of hydrogen-bond donors (Lipinski definition) is 3. The largest absolute Gasteiger partial charge is 0.506 e. The van der Waals surface area contributed by atoms with Crippen molar-refractivity contribution in [1.82, 2.24) is 30.4 Å². The van der Waals surface area contributed by atoms with Crippen molar-refractivity contribution in [3.8, 4) is 5.75 Å². The van der Waals surface area contributed by atoms with Crippen LogP contribution >= 0.6 is 35.1 Å². The molecule has 1 aromatic heterocycles. The molecule has 1 aromatic carbocycles. The number of β-lactam (4-membered cyclic amide) rings is 1. The smallest absolute Gasteiger partial charge is 0.352 e. The summed E-state index contributed by atoms with van der Waals surface area (Å²) in [5, 5.41) is 37.1. The molecule has 3 heterocycles. The molecule has 16 heteroatoms. The molecular formula is C21H20ClN7O6S2. The lowest BCUT2D eigenvalue weighted by Crippen LogP contribution is -2.71. The highest BCUT2D eigenvalue weighted by Crippen LogP contribution is 2.41. The van der Waals surface area contributed by atoms with Gasteiger partial charge in [0.15, 0.2) is 5.71 Å². The number of nitrogens with zero attached hydrogens (tertiary/aromatic N) is 6. The number of tetrazole rings is 1. The molecule has 0 bridgehead atoms. The van der Waals surface area contributed by atoms with E-state index in [9.17, 15) is 24.6 Å². The first-order valence-electron chi connectivity index (χ1n) is 10.6. The Morgan fingerprint density at radius 2 is 2.24 bits per heavy atom. The number of hydrogen-bond acceptors (Lipinski definition) is 11. The van der Waals surface area contributed by atoms with Crippen LogP contribution < -0.4 is 5.32 Å². The van der Waals surface area contributed by atoms with E-state index in [4.69, 9.17) is 16.4 Å². The Kier molecular flexibility index (Phi) is 8.04. The summed E-state index contributed by atoms with van der Waals surface area (Å²) in [6.45, 7) is 3.54.